The first-order valence-electron chi connectivity index (χ1n) is 6.62. The molecule has 0 bridgehead atoms. The van der Waals surface area contributed by atoms with Gasteiger partial charge in [0.25, 0.3) is 0 Å². The number of hydrogen-bond acceptors (Lipinski definition) is 4. The molecule has 2 aromatic rings. The molecule has 1 N–H and O–H groups in total. The standard InChI is InChI=1S/C14H16N2O3/c1-8-6-7-11-12(15-8)16-13(19-11)9-4-2-3-5-10(9)14(17)18/h6-7,9-10H,2-5H2,1H3,(H,17,18). The highest BCUT2D eigenvalue weighted by molar-refractivity contribution is 5.72. The molecule has 19 heavy (non-hydrogen) atoms. The van der Waals surface area contributed by atoms with E-state index in [1.54, 1.807) is 0 Å². The Bertz CT molecular complexity index is 620. The molecule has 5 nitrogen and oxygen atoms in total. The van der Waals surface area contributed by atoms with Crippen molar-refractivity contribution in [1.82, 2.24) is 9.97 Å². The molecule has 0 saturated heterocycles. The van der Waals surface area contributed by atoms with Gasteiger partial charge in [0.1, 0.15) is 0 Å². The molecule has 1 aliphatic rings. The molecule has 2 heterocycles. The molecule has 0 amide bonds. The highest BCUT2D eigenvalue weighted by atomic mass is 16.4. The summed E-state index contributed by atoms with van der Waals surface area (Å²) >= 11 is 0. The van der Waals surface area contributed by atoms with Gasteiger partial charge in [-0.15, -0.1) is 0 Å². The smallest absolute Gasteiger partial charge is 0.307 e. The van der Waals surface area contributed by atoms with Crippen LogP contribution in [0.3, 0.4) is 0 Å². The van der Waals surface area contributed by atoms with Crippen molar-refractivity contribution >= 4 is 17.2 Å². The van der Waals surface area contributed by atoms with E-state index in [2.05, 4.69) is 9.97 Å². The largest absolute Gasteiger partial charge is 0.481 e. The topological polar surface area (TPSA) is 76.2 Å². The molecule has 0 aromatic carbocycles. The second-order valence-corrected chi connectivity index (χ2v) is 5.16. The van der Waals surface area contributed by atoms with Crippen molar-refractivity contribution in [2.75, 3.05) is 0 Å². The maximum atomic E-state index is 11.3. The summed E-state index contributed by atoms with van der Waals surface area (Å²) in [6, 6.07) is 3.71. The number of pyridine rings is 1. The van der Waals surface area contributed by atoms with E-state index in [9.17, 15) is 9.90 Å². The Hall–Kier alpha value is -1.91. The molecule has 100 valence electrons. The lowest BCUT2D eigenvalue weighted by molar-refractivity contribution is -0.143. The predicted molar refractivity (Wildman–Crippen MR) is 68.9 cm³/mol. The number of nitrogens with zero attached hydrogens (tertiary/aromatic N) is 2. The first-order chi connectivity index (χ1) is 9.15. The summed E-state index contributed by atoms with van der Waals surface area (Å²) in [5.41, 5.74) is 2.09. The van der Waals surface area contributed by atoms with E-state index >= 15 is 0 Å². The third-order valence-electron chi connectivity index (χ3n) is 3.81. The number of aliphatic carboxylic acids is 1. The SMILES string of the molecule is Cc1ccc2oc(C3CCCCC3C(=O)O)nc2n1. The summed E-state index contributed by atoms with van der Waals surface area (Å²) in [4.78, 5) is 20.0. The monoisotopic (exact) mass is 260 g/mol. The molecule has 2 atom stereocenters. The number of aryl methyl sites for hydroxylation is 1. The lowest BCUT2D eigenvalue weighted by atomic mass is 9.79. The zero-order valence-electron chi connectivity index (χ0n) is 10.8. The Balaban J connectivity index is 1.99. The fourth-order valence-corrected chi connectivity index (χ4v) is 2.81. The molecular formula is C14H16N2O3. The van der Waals surface area contributed by atoms with Crippen molar-refractivity contribution in [3.8, 4) is 0 Å². The Morgan fingerprint density at radius 1 is 1.32 bits per heavy atom. The van der Waals surface area contributed by atoms with E-state index in [0.717, 1.165) is 25.0 Å². The van der Waals surface area contributed by atoms with Gasteiger partial charge in [0, 0.05) is 11.6 Å². The van der Waals surface area contributed by atoms with Gasteiger partial charge >= 0.3 is 5.97 Å². The highest BCUT2D eigenvalue weighted by Gasteiger charge is 2.35. The summed E-state index contributed by atoms with van der Waals surface area (Å²) in [5, 5.41) is 9.30. The van der Waals surface area contributed by atoms with Gasteiger partial charge in [-0.2, -0.15) is 4.98 Å². The number of aromatic nitrogens is 2. The van der Waals surface area contributed by atoms with Crippen molar-refractivity contribution < 1.29 is 14.3 Å². The molecule has 1 fully saturated rings. The lowest BCUT2D eigenvalue weighted by Crippen LogP contribution is -2.25. The fraction of sp³-hybridized carbons (Fsp3) is 0.500. The predicted octanol–water partition coefficient (Wildman–Crippen LogP) is 2.89. The van der Waals surface area contributed by atoms with Gasteiger partial charge < -0.3 is 9.52 Å². The van der Waals surface area contributed by atoms with Crippen molar-refractivity contribution in [3.63, 3.8) is 0 Å². The van der Waals surface area contributed by atoms with Crippen LogP contribution in [0, 0.1) is 12.8 Å². The van der Waals surface area contributed by atoms with Gasteiger partial charge in [-0.05, 0) is 31.9 Å². The lowest BCUT2D eigenvalue weighted by Gasteiger charge is -2.25. The van der Waals surface area contributed by atoms with Gasteiger partial charge in [-0.25, -0.2) is 4.98 Å². The van der Waals surface area contributed by atoms with Crippen LogP contribution < -0.4 is 0 Å². The second-order valence-electron chi connectivity index (χ2n) is 5.16. The summed E-state index contributed by atoms with van der Waals surface area (Å²) in [6.45, 7) is 1.90. The van der Waals surface area contributed by atoms with E-state index in [4.69, 9.17) is 4.42 Å². The van der Waals surface area contributed by atoms with Crippen molar-refractivity contribution in [3.05, 3.63) is 23.7 Å². The average molecular weight is 260 g/mol. The molecule has 2 aromatic heterocycles. The summed E-state index contributed by atoms with van der Waals surface area (Å²) in [5.74, 6) is -0.736. The van der Waals surface area contributed by atoms with Crippen LogP contribution in [-0.2, 0) is 4.79 Å². The van der Waals surface area contributed by atoms with Crippen LogP contribution >= 0.6 is 0 Å². The van der Waals surface area contributed by atoms with E-state index in [0.29, 0.717) is 23.5 Å². The van der Waals surface area contributed by atoms with Crippen molar-refractivity contribution in [1.29, 1.82) is 0 Å². The van der Waals surface area contributed by atoms with Crippen LogP contribution in [-0.4, -0.2) is 21.0 Å². The number of carbonyl (C=O) groups is 1. The van der Waals surface area contributed by atoms with Gasteiger partial charge in [0.05, 0.1) is 5.92 Å². The van der Waals surface area contributed by atoms with Crippen LogP contribution in [0.25, 0.3) is 11.2 Å². The molecular weight excluding hydrogens is 244 g/mol. The zero-order chi connectivity index (χ0) is 13.4. The second kappa shape index (κ2) is 4.64. The Kier molecular flexibility index (Phi) is 2.97. The van der Waals surface area contributed by atoms with Crippen LogP contribution in [0.2, 0.25) is 0 Å². The van der Waals surface area contributed by atoms with Gasteiger partial charge in [-0.1, -0.05) is 12.8 Å². The molecule has 5 heteroatoms. The molecule has 2 unspecified atom stereocenters. The number of carboxylic acid groups (broad SMARTS) is 1. The Morgan fingerprint density at radius 2 is 2.11 bits per heavy atom. The molecule has 3 rings (SSSR count). The van der Waals surface area contributed by atoms with E-state index in [1.165, 1.54) is 0 Å². The maximum absolute atomic E-state index is 11.3. The fourth-order valence-electron chi connectivity index (χ4n) is 2.81. The maximum Gasteiger partial charge on any atom is 0.307 e. The molecule has 0 radical (unpaired) electrons. The van der Waals surface area contributed by atoms with Gasteiger partial charge in [0.15, 0.2) is 11.2 Å². The van der Waals surface area contributed by atoms with Gasteiger partial charge in [-0.3, -0.25) is 4.79 Å². The third-order valence-corrected chi connectivity index (χ3v) is 3.81. The minimum atomic E-state index is -0.754. The highest BCUT2D eigenvalue weighted by Crippen LogP contribution is 2.38. The zero-order valence-corrected chi connectivity index (χ0v) is 10.8. The van der Waals surface area contributed by atoms with Crippen LogP contribution in [0.1, 0.15) is 43.2 Å². The summed E-state index contributed by atoms with van der Waals surface area (Å²) in [7, 11) is 0. The number of hydrogen-bond donors (Lipinski definition) is 1. The van der Waals surface area contributed by atoms with Gasteiger partial charge in [0.2, 0.25) is 5.89 Å². The third kappa shape index (κ3) is 2.20. The van der Waals surface area contributed by atoms with E-state index in [-0.39, 0.29) is 11.8 Å². The first kappa shape index (κ1) is 12.1. The molecule has 0 aliphatic heterocycles. The van der Waals surface area contributed by atoms with Crippen molar-refractivity contribution in [2.24, 2.45) is 5.92 Å². The number of fused-ring (bicyclic) bond motifs is 1. The Labute approximate surface area is 110 Å². The number of carboxylic acids is 1. The summed E-state index contributed by atoms with van der Waals surface area (Å²) in [6.07, 6.45) is 3.51. The molecule has 0 spiro atoms. The minimum absolute atomic E-state index is 0.124. The molecule has 1 saturated carbocycles. The van der Waals surface area contributed by atoms with Crippen molar-refractivity contribution in [2.45, 2.75) is 38.5 Å². The first-order valence-corrected chi connectivity index (χ1v) is 6.62. The average Bonchev–Trinajstić information content (AvgIpc) is 2.81. The van der Waals surface area contributed by atoms with Crippen LogP contribution in [0.4, 0.5) is 0 Å². The minimum Gasteiger partial charge on any atom is -0.481 e. The van der Waals surface area contributed by atoms with Crippen LogP contribution in [0.15, 0.2) is 16.5 Å². The molecule has 1 aliphatic carbocycles. The van der Waals surface area contributed by atoms with E-state index in [1.807, 2.05) is 19.1 Å². The normalized spacial score (nSPS) is 23.6. The Morgan fingerprint density at radius 3 is 2.89 bits per heavy atom. The number of rotatable bonds is 2. The van der Waals surface area contributed by atoms with E-state index < -0.39 is 5.97 Å². The quantitative estimate of drug-likeness (QED) is 0.898. The summed E-state index contributed by atoms with van der Waals surface area (Å²) < 4.78 is 5.71. The number of oxazole rings is 1. The van der Waals surface area contributed by atoms with Crippen LogP contribution in [0.5, 0.6) is 0 Å².